The molecule has 0 aromatic heterocycles. The molecule has 0 unspecified atom stereocenters. The molecule has 1 amide bonds. The summed E-state index contributed by atoms with van der Waals surface area (Å²) in [5.41, 5.74) is 0. The van der Waals surface area contributed by atoms with E-state index in [0.29, 0.717) is 22.3 Å². The molecule has 22 heavy (non-hydrogen) atoms. The predicted molar refractivity (Wildman–Crippen MR) is 92.1 cm³/mol. The lowest BCUT2D eigenvalue weighted by atomic mass is 10.3. The van der Waals surface area contributed by atoms with E-state index in [9.17, 15) is 4.79 Å². The minimum absolute atomic E-state index is 0.0721. The molecule has 0 atom stereocenters. The summed E-state index contributed by atoms with van der Waals surface area (Å²) >= 11 is 13.4. The summed E-state index contributed by atoms with van der Waals surface area (Å²) in [7, 11) is 0. The maximum absolute atomic E-state index is 11.7. The van der Waals surface area contributed by atoms with Crippen molar-refractivity contribution in [2.24, 2.45) is 0 Å². The Morgan fingerprint density at radius 1 is 1.14 bits per heavy atom. The van der Waals surface area contributed by atoms with Crippen molar-refractivity contribution in [3.8, 4) is 5.75 Å². The Morgan fingerprint density at radius 2 is 1.91 bits per heavy atom. The van der Waals surface area contributed by atoms with Gasteiger partial charge >= 0.3 is 0 Å². The van der Waals surface area contributed by atoms with E-state index in [4.69, 9.17) is 27.9 Å². The van der Waals surface area contributed by atoms with Gasteiger partial charge in [0.15, 0.2) is 6.61 Å². The molecule has 116 valence electrons. The van der Waals surface area contributed by atoms with Gasteiger partial charge in [0, 0.05) is 22.2 Å². The van der Waals surface area contributed by atoms with Gasteiger partial charge in [0.05, 0.1) is 5.02 Å². The average Bonchev–Trinajstić information content (AvgIpc) is 2.52. The highest BCUT2D eigenvalue weighted by Crippen LogP contribution is 2.27. The molecular formula is C16H15Cl2NO2S. The van der Waals surface area contributed by atoms with Gasteiger partial charge in [-0.15, -0.1) is 11.8 Å². The molecule has 0 saturated heterocycles. The van der Waals surface area contributed by atoms with Crippen molar-refractivity contribution in [3.63, 3.8) is 0 Å². The second kappa shape index (κ2) is 8.93. The van der Waals surface area contributed by atoms with E-state index in [1.165, 1.54) is 4.90 Å². The van der Waals surface area contributed by atoms with Crippen molar-refractivity contribution in [1.29, 1.82) is 0 Å². The highest BCUT2D eigenvalue weighted by Gasteiger charge is 2.06. The fraction of sp³-hybridized carbons (Fsp3) is 0.188. The number of carbonyl (C=O) groups excluding carboxylic acids is 1. The third-order valence-corrected chi connectivity index (χ3v) is 4.23. The van der Waals surface area contributed by atoms with E-state index >= 15 is 0 Å². The van der Waals surface area contributed by atoms with Crippen LogP contribution in [0.4, 0.5) is 0 Å². The third kappa shape index (κ3) is 5.79. The molecule has 0 bridgehead atoms. The largest absolute Gasteiger partial charge is 0.482 e. The van der Waals surface area contributed by atoms with Crippen LogP contribution in [0, 0.1) is 0 Å². The highest BCUT2D eigenvalue weighted by molar-refractivity contribution is 7.99. The van der Waals surface area contributed by atoms with Crippen LogP contribution in [0.2, 0.25) is 10.0 Å². The van der Waals surface area contributed by atoms with Crippen molar-refractivity contribution in [2.75, 3.05) is 18.9 Å². The SMILES string of the molecule is O=C(COc1ccc(Cl)cc1Cl)NCCSc1ccccc1. The number of rotatable bonds is 7. The summed E-state index contributed by atoms with van der Waals surface area (Å²) < 4.78 is 5.36. The first-order valence-electron chi connectivity index (χ1n) is 6.67. The first-order chi connectivity index (χ1) is 10.6. The summed E-state index contributed by atoms with van der Waals surface area (Å²) in [6, 6.07) is 14.9. The molecule has 0 aliphatic rings. The van der Waals surface area contributed by atoms with Crippen LogP contribution in [-0.4, -0.2) is 24.8 Å². The van der Waals surface area contributed by atoms with E-state index in [1.807, 2.05) is 30.3 Å². The summed E-state index contributed by atoms with van der Waals surface area (Å²) in [5.74, 6) is 1.07. The molecule has 0 aliphatic carbocycles. The molecule has 0 spiro atoms. The van der Waals surface area contributed by atoms with Crippen LogP contribution in [0.1, 0.15) is 0 Å². The van der Waals surface area contributed by atoms with Crippen molar-refractivity contribution in [2.45, 2.75) is 4.90 Å². The molecule has 2 aromatic carbocycles. The number of hydrogen-bond acceptors (Lipinski definition) is 3. The minimum Gasteiger partial charge on any atom is -0.482 e. The molecule has 0 aliphatic heterocycles. The Kier molecular flexibility index (Phi) is 6.90. The van der Waals surface area contributed by atoms with E-state index < -0.39 is 0 Å². The number of halogens is 2. The molecule has 0 radical (unpaired) electrons. The number of carbonyl (C=O) groups is 1. The minimum atomic E-state index is -0.181. The molecule has 0 saturated carbocycles. The van der Waals surface area contributed by atoms with Crippen LogP contribution < -0.4 is 10.1 Å². The number of thioether (sulfide) groups is 1. The standard InChI is InChI=1S/C16H15Cl2NO2S/c17-12-6-7-15(14(18)10-12)21-11-16(20)19-8-9-22-13-4-2-1-3-5-13/h1-7,10H,8-9,11H2,(H,19,20). The molecule has 0 heterocycles. The van der Waals surface area contributed by atoms with Gasteiger partial charge < -0.3 is 10.1 Å². The molecule has 2 aromatic rings. The molecule has 3 nitrogen and oxygen atoms in total. The highest BCUT2D eigenvalue weighted by atomic mass is 35.5. The van der Waals surface area contributed by atoms with E-state index in [-0.39, 0.29) is 12.5 Å². The van der Waals surface area contributed by atoms with Gasteiger partial charge in [0.2, 0.25) is 0 Å². The van der Waals surface area contributed by atoms with E-state index in [0.717, 1.165) is 5.75 Å². The lowest BCUT2D eigenvalue weighted by Gasteiger charge is -2.09. The summed E-state index contributed by atoms with van der Waals surface area (Å²) in [6.45, 7) is 0.507. The van der Waals surface area contributed by atoms with Crippen molar-refractivity contribution in [3.05, 3.63) is 58.6 Å². The van der Waals surface area contributed by atoms with Gasteiger partial charge in [-0.05, 0) is 30.3 Å². The first kappa shape index (κ1) is 17.0. The molecule has 1 N–H and O–H groups in total. The fourth-order valence-electron chi connectivity index (χ4n) is 1.66. The van der Waals surface area contributed by atoms with Crippen molar-refractivity contribution < 1.29 is 9.53 Å². The van der Waals surface area contributed by atoms with Crippen molar-refractivity contribution in [1.82, 2.24) is 5.32 Å². The topological polar surface area (TPSA) is 38.3 Å². The van der Waals surface area contributed by atoms with Gasteiger partial charge in [0.1, 0.15) is 5.75 Å². The summed E-state index contributed by atoms with van der Waals surface area (Å²) in [6.07, 6.45) is 0. The number of nitrogens with one attached hydrogen (secondary N) is 1. The van der Waals surface area contributed by atoms with Gasteiger partial charge in [0.25, 0.3) is 5.91 Å². The lowest BCUT2D eigenvalue weighted by molar-refractivity contribution is -0.122. The number of hydrogen-bond donors (Lipinski definition) is 1. The molecular weight excluding hydrogens is 341 g/mol. The smallest absolute Gasteiger partial charge is 0.257 e. The normalized spacial score (nSPS) is 10.3. The van der Waals surface area contributed by atoms with Gasteiger partial charge in [-0.2, -0.15) is 0 Å². The summed E-state index contributed by atoms with van der Waals surface area (Å²) in [4.78, 5) is 12.9. The van der Waals surface area contributed by atoms with Crippen LogP contribution >= 0.6 is 35.0 Å². The fourth-order valence-corrected chi connectivity index (χ4v) is 2.92. The average molecular weight is 356 g/mol. The Bertz CT molecular complexity index is 623. The number of amides is 1. The first-order valence-corrected chi connectivity index (χ1v) is 8.42. The van der Waals surface area contributed by atoms with Crippen LogP contribution in [0.25, 0.3) is 0 Å². The second-order valence-electron chi connectivity index (χ2n) is 4.37. The van der Waals surface area contributed by atoms with E-state index in [2.05, 4.69) is 5.32 Å². The zero-order valence-electron chi connectivity index (χ0n) is 11.7. The number of benzene rings is 2. The molecule has 0 fully saturated rings. The Labute approximate surface area is 144 Å². The van der Waals surface area contributed by atoms with Crippen LogP contribution in [0.15, 0.2) is 53.4 Å². The second-order valence-corrected chi connectivity index (χ2v) is 6.39. The van der Waals surface area contributed by atoms with Gasteiger partial charge in [-0.1, -0.05) is 41.4 Å². The zero-order chi connectivity index (χ0) is 15.8. The number of ether oxygens (including phenoxy) is 1. The monoisotopic (exact) mass is 355 g/mol. The summed E-state index contributed by atoms with van der Waals surface area (Å²) in [5, 5.41) is 3.72. The van der Waals surface area contributed by atoms with Crippen molar-refractivity contribution >= 4 is 40.9 Å². The van der Waals surface area contributed by atoms with Crippen LogP contribution in [0.5, 0.6) is 5.75 Å². The zero-order valence-corrected chi connectivity index (χ0v) is 14.0. The van der Waals surface area contributed by atoms with E-state index in [1.54, 1.807) is 30.0 Å². The van der Waals surface area contributed by atoms with Gasteiger partial charge in [-0.25, -0.2) is 0 Å². The Hall–Kier alpha value is -1.36. The quantitative estimate of drug-likeness (QED) is 0.594. The lowest BCUT2D eigenvalue weighted by Crippen LogP contribution is -2.30. The maximum Gasteiger partial charge on any atom is 0.257 e. The Morgan fingerprint density at radius 3 is 2.64 bits per heavy atom. The molecule has 2 rings (SSSR count). The molecule has 6 heteroatoms. The maximum atomic E-state index is 11.7. The Balaban J connectivity index is 1.65. The predicted octanol–water partition coefficient (Wildman–Crippen LogP) is 4.28. The van der Waals surface area contributed by atoms with Gasteiger partial charge in [-0.3, -0.25) is 4.79 Å². The third-order valence-electron chi connectivity index (χ3n) is 2.69. The van der Waals surface area contributed by atoms with Crippen LogP contribution in [-0.2, 0) is 4.79 Å². The van der Waals surface area contributed by atoms with Crippen LogP contribution in [0.3, 0.4) is 0 Å².